The first-order valence-corrected chi connectivity index (χ1v) is 4.70. The fourth-order valence-corrected chi connectivity index (χ4v) is 1.44. The van der Waals surface area contributed by atoms with Crippen LogP contribution in [-0.4, -0.2) is 10.8 Å². The summed E-state index contributed by atoms with van der Waals surface area (Å²) in [5.41, 5.74) is 4.83. The maximum Gasteiger partial charge on any atom is 0.433 e. The molecule has 3 nitrogen and oxygen atoms in total. The molecular weight excluding hydrogens is 231 g/mol. The Hall–Kier alpha value is -2.11. The van der Waals surface area contributed by atoms with Gasteiger partial charge in [-0.2, -0.15) is 13.2 Å². The van der Waals surface area contributed by atoms with Crippen molar-refractivity contribution >= 4 is 16.7 Å². The molecule has 2 aromatic rings. The van der Waals surface area contributed by atoms with E-state index in [1.54, 1.807) is 12.1 Å². The molecule has 0 atom stereocenters. The highest BCUT2D eigenvalue weighted by Gasteiger charge is 2.32. The molecule has 0 aliphatic heterocycles. The summed E-state index contributed by atoms with van der Waals surface area (Å²) in [7, 11) is 0. The zero-order valence-electron chi connectivity index (χ0n) is 8.55. The van der Waals surface area contributed by atoms with Crippen molar-refractivity contribution in [1.29, 1.82) is 5.41 Å². The summed E-state index contributed by atoms with van der Waals surface area (Å²) < 4.78 is 37.3. The molecule has 0 fully saturated rings. The Bertz CT molecular complexity index is 590. The van der Waals surface area contributed by atoms with Gasteiger partial charge < -0.3 is 5.73 Å². The van der Waals surface area contributed by atoms with Gasteiger partial charge in [0.2, 0.25) is 0 Å². The van der Waals surface area contributed by atoms with Crippen LogP contribution in [-0.2, 0) is 6.18 Å². The van der Waals surface area contributed by atoms with Crippen LogP contribution in [0.2, 0.25) is 0 Å². The highest BCUT2D eigenvalue weighted by molar-refractivity contribution is 5.98. The summed E-state index contributed by atoms with van der Waals surface area (Å²) in [6.07, 6.45) is -4.47. The van der Waals surface area contributed by atoms with E-state index in [0.717, 1.165) is 6.07 Å². The van der Waals surface area contributed by atoms with Crippen LogP contribution in [0.15, 0.2) is 30.3 Å². The first-order chi connectivity index (χ1) is 7.88. The van der Waals surface area contributed by atoms with E-state index < -0.39 is 11.9 Å². The number of nitrogens with one attached hydrogen (secondary N) is 1. The van der Waals surface area contributed by atoms with Gasteiger partial charge in [0, 0.05) is 10.9 Å². The normalized spacial score (nSPS) is 11.7. The summed E-state index contributed by atoms with van der Waals surface area (Å²) in [6.45, 7) is 0. The molecule has 17 heavy (non-hydrogen) atoms. The number of rotatable bonds is 1. The van der Waals surface area contributed by atoms with Gasteiger partial charge in [-0.05, 0) is 12.1 Å². The van der Waals surface area contributed by atoms with Crippen LogP contribution in [0.3, 0.4) is 0 Å². The zero-order chi connectivity index (χ0) is 12.6. The van der Waals surface area contributed by atoms with E-state index in [1.165, 1.54) is 12.1 Å². The van der Waals surface area contributed by atoms with Crippen molar-refractivity contribution in [3.8, 4) is 0 Å². The molecule has 0 bridgehead atoms. The number of fused-ring (bicyclic) bond motifs is 1. The quantitative estimate of drug-likeness (QED) is 0.593. The van der Waals surface area contributed by atoms with Crippen molar-refractivity contribution in [2.75, 3.05) is 0 Å². The van der Waals surface area contributed by atoms with Crippen LogP contribution < -0.4 is 5.73 Å². The fraction of sp³-hybridized carbons (Fsp3) is 0.0909. The predicted molar refractivity (Wildman–Crippen MR) is 57.8 cm³/mol. The molecule has 0 unspecified atom stereocenters. The number of benzene rings is 1. The third-order valence-corrected chi connectivity index (χ3v) is 2.29. The Morgan fingerprint density at radius 1 is 1.18 bits per heavy atom. The molecule has 6 heteroatoms. The average Bonchev–Trinajstić information content (AvgIpc) is 2.26. The van der Waals surface area contributed by atoms with Gasteiger partial charge in [0.1, 0.15) is 11.5 Å². The summed E-state index contributed by atoms with van der Waals surface area (Å²) in [6, 6.07) is 6.79. The number of hydrogen-bond acceptors (Lipinski definition) is 2. The number of nitrogens with zero attached hydrogens (tertiary/aromatic N) is 1. The van der Waals surface area contributed by atoms with Gasteiger partial charge in [-0.3, -0.25) is 5.41 Å². The van der Waals surface area contributed by atoms with Crippen molar-refractivity contribution in [2.45, 2.75) is 6.18 Å². The van der Waals surface area contributed by atoms with Gasteiger partial charge in [0.05, 0.1) is 5.52 Å². The van der Waals surface area contributed by atoms with Crippen molar-refractivity contribution in [2.24, 2.45) is 5.73 Å². The molecule has 0 amide bonds. The molecule has 1 aromatic heterocycles. The molecule has 1 aromatic carbocycles. The molecule has 0 saturated carbocycles. The number of aromatic nitrogens is 1. The third-order valence-electron chi connectivity index (χ3n) is 2.29. The maximum absolute atomic E-state index is 12.4. The lowest BCUT2D eigenvalue weighted by atomic mass is 10.1. The highest BCUT2D eigenvalue weighted by atomic mass is 19.4. The average molecular weight is 239 g/mol. The first-order valence-electron chi connectivity index (χ1n) is 4.70. The predicted octanol–water partition coefficient (Wildman–Crippen LogP) is 2.54. The van der Waals surface area contributed by atoms with Crippen molar-refractivity contribution in [3.63, 3.8) is 0 Å². The van der Waals surface area contributed by atoms with Crippen LogP contribution in [0, 0.1) is 5.41 Å². The van der Waals surface area contributed by atoms with E-state index in [2.05, 4.69) is 4.98 Å². The second-order valence-corrected chi connectivity index (χ2v) is 3.52. The van der Waals surface area contributed by atoms with Crippen LogP contribution in [0.25, 0.3) is 10.9 Å². The first kappa shape index (κ1) is 11.4. The lowest BCUT2D eigenvalue weighted by molar-refractivity contribution is -0.140. The van der Waals surface area contributed by atoms with Crippen LogP contribution in [0.5, 0.6) is 0 Å². The van der Waals surface area contributed by atoms with Crippen LogP contribution in [0.1, 0.15) is 11.3 Å². The second-order valence-electron chi connectivity index (χ2n) is 3.52. The SMILES string of the molecule is N=C(N)c1ccc2ccc(C(F)(F)F)nc2c1. The Morgan fingerprint density at radius 3 is 2.41 bits per heavy atom. The van der Waals surface area contributed by atoms with Crippen molar-refractivity contribution in [3.05, 3.63) is 41.6 Å². The number of alkyl halides is 3. The largest absolute Gasteiger partial charge is 0.433 e. The van der Waals surface area contributed by atoms with Crippen molar-refractivity contribution in [1.82, 2.24) is 4.98 Å². The minimum Gasteiger partial charge on any atom is -0.384 e. The van der Waals surface area contributed by atoms with E-state index in [0.29, 0.717) is 10.9 Å². The van der Waals surface area contributed by atoms with Gasteiger partial charge in [-0.1, -0.05) is 18.2 Å². The molecule has 0 saturated heterocycles. The molecule has 0 spiro atoms. The minimum absolute atomic E-state index is 0.174. The molecular formula is C11H8F3N3. The van der Waals surface area contributed by atoms with E-state index in [-0.39, 0.29) is 11.4 Å². The summed E-state index contributed by atoms with van der Waals surface area (Å²) in [5, 5.41) is 7.79. The number of nitrogen functional groups attached to an aromatic ring is 1. The lowest BCUT2D eigenvalue weighted by Gasteiger charge is -2.07. The Balaban J connectivity index is 2.62. The maximum atomic E-state index is 12.4. The Kier molecular flexibility index (Phi) is 2.49. The standard InChI is InChI=1S/C11H8F3N3/c12-11(13,14)9-4-3-6-1-2-7(10(15)16)5-8(6)17-9/h1-5H,(H3,15,16). The smallest absolute Gasteiger partial charge is 0.384 e. The molecule has 0 radical (unpaired) electrons. The van der Waals surface area contributed by atoms with Crippen molar-refractivity contribution < 1.29 is 13.2 Å². The third kappa shape index (κ3) is 2.20. The Labute approximate surface area is 94.6 Å². The van der Waals surface area contributed by atoms with E-state index in [4.69, 9.17) is 11.1 Å². The van der Waals surface area contributed by atoms with E-state index >= 15 is 0 Å². The summed E-state index contributed by atoms with van der Waals surface area (Å²) >= 11 is 0. The molecule has 88 valence electrons. The lowest BCUT2D eigenvalue weighted by Crippen LogP contribution is -2.11. The second kappa shape index (κ2) is 3.73. The number of amidine groups is 1. The van der Waals surface area contributed by atoms with Gasteiger partial charge in [-0.25, -0.2) is 4.98 Å². The number of halogens is 3. The van der Waals surface area contributed by atoms with E-state index in [1.807, 2.05) is 0 Å². The van der Waals surface area contributed by atoms with Gasteiger partial charge in [-0.15, -0.1) is 0 Å². The van der Waals surface area contributed by atoms with Crippen LogP contribution >= 0.6 is 0 Å². The molecule has 3 N–H and O–H groups in total. The highest BCUT2D eigenvalue weighted by Crippen LogP contribution is 2.29. The van der Waals surface area contributed by atoms with Crippen LogP contribution in [0.4, 0.5) is 13.2 Å². The number of nitrogens with two attached hydrogens (primary N) is 1. The molecule has 2 rings (SSSR count). The minimum atomic E-state index is -4.47. The molecule has 1 heterocycles. The summed E-state index contributed by atoms with van der Waals surface area (Å²) in [4.78, 5) is 3.51. The zero-order valence-corrected chi connectivity index (χ0v) is 8.55. The van der Waals surface area contributed by atoms with E-state index in [9.17, 15) is 13.2 Å². The number of pyridine rings is 1. The monoisotopic (exact) mass is 239 g/mol. The molecule has 0 aliphatic rings. The van der Waals surface area contributed by atoms with Gasteiger partial charge in [0.15, 0.2) is 0 Å². The van der Waals surface area contributed by atoms with Gasteiger partial charge in [0.25, 0.3) is 0 Å². The summed E-state index contributed by atoms with van der Waals surface area (Å²) in [5.74, 6) is -0.203. The Morgan fingerprint density at radius 2 is 1.82 bits per heavy atom. The molecule has 0 aliphatic carbocycles. The topological polar surface area (TPSA) is 62.8 Å². The fourth-order valence-electron chi connectivity index (χ4n) is 1.44. The van der Waals surface area contributed by atoms with Gasteiger partial charge >= 0.3 is 6.18 Å². The number of hydrogen-bond donors (Lipinski definition) is 2.